The normalized spacial score (nSPS) is 13.8. The fraction of sp³-hybridized carbons (Fsp3) is 0.333. The van der Waals surface area contributed by atoms with Gasteiger partial charge in [0.05, 0.1) is 0 Å². The Kier molecular flexibility index (Phi) is 5.07. The van der Waals surface area contributed by atoms with Crippen molar-refractivity contribution in [1.29, 1.82) is 0 Å². The molecule has 0 amide bonds. The zero-order chi connectivity index (χ0) is 15.6. The van der Waals surface area contributed by atoms with Crippen LogP contribution in [0.2, 0.25) is 0 Å². The van der Waals surface area contributed by atoms with Crippen LogP contribution in [0.1, 0.15) is 35.3 Å². The number of benzene rings is 2. The summed E-state index contributed by atoms with van der Waals surface area (Å²) < 4.78 is 7.34. The highest BCUT2D eigenvalue weighted by Gasteiger charge is 2.20. The van der Waals surface area contributed by atoms with E-state index in [1.54, 1.807) is 0 Å². The average molecular weight is 348 g/mol. The summed E-state index contributed by atoms with van der Waals surface area (Å²) in [4.78, 5) is 0. The van der Waals surface area contributed by atoms with Crippen LogP contribution >= 0.6 is 15.9 Å². The lowest BCUT2D eigenvalue weighted by Gasteiger charge is -2.25. The Labute approximate surface area is 135 Å². The molecule has 2 unspecified atom stereocenters. The molecule has 2 aromatic rings. The molecule has 2 aromatic carbocycles. The van der Waals surface area contributed by atoms with Gasteiger partial charge in [0, 0.05) is 10.5 Å². The largest absolute Gasteiger partial charge is 0.484 e. The number of aryl methyl sites for hydroxylation is 3. The minimum absolute atomic E-state index is 0.0876. The predicted molar refractivity (Wildman–Crippen MR) is 91.8 cm³/mol. The second-order valence-electron chi connectivity index (χ2n) is 5.63. The summed E-state index contributed by atoms with van der Waals surface area (Å²) in [6.45, 7) is 8.21. The first-order valence-corrected chi connectivity index (χ1v) is 7.94. The molecular formula is C18H22BrNO. The van der Waals surface area contributed by atoms with E-state index >= 15 is 0 Å². The zero-order valence-electron chi connectivity index (χ0n) is 13.0. The Hall–Kier alpha value is -1.32. The highest BCUT2D eigenvalue weighted by molar-refractivity contribution is 9.10. The average Bonchev–Trinajstić information content (AvgIpc) is 2.42. The summed E-state index contributed by atoms with van der Waals surface area (Å²) in [6, 6.07) is 12.2. The van der Waals surface area contributed by atoms with Gasteiger partial charge in [0.25, 0.3) is 0 Å². The van der Waals surface area contributed by atoms with E-state index < -0.39 is 0 Å². The summed E-state index contributed by atoms with van der Waals surface area (Å²) in [5, 5.41) is 0. The van der Waals surface area contributed by atoms with Gasteiger partial charge in [-0.3, -0.25) is 0 Å². The highest BCUT2D eigenvalue weighted by atomic mass is 79.9. The van der Waals surface area contributed by atoms with Crippen molar-refractivity contribution in [2.24, 2.45) is 5.73 Å². The summed E-state index contributed by atoms with van der Waals surface area (Å²) in [6.07, 6.45) is -0.147. The van der Waals surface area contributed by atoms with E-state index in [1.165, 1.54) is 16.7 Å². The monoisotopic (exact) mass is 347 g/mol. The summed E-state index contributed by atoms with van der Waals surface area (Å²) in [5.74, 6) is 0.860. The molecule has 0 heterocycles. The number of hydrogen-bond donors (Lipinski definition) is 1. The topological polar surface area (TPSA) is 35.2 Å². The van der Waals surface area contributed by atoms with Crippen LogP contribution < -0.4 is 10.5 Å². The van der Waals surface area contributed by atoms with E-state index in [0.717, 1.165) is 15.8 Å². The summed E-state index contributed by atoms with van der Waals surface area (Å²) >= 11 is 3.58. The molecule has 0 fully saturated rings. The van der Waals surface area contributed by atoms with Crippen molar-refractivity contribution in [1.82, 2.24) is 0 Å². The summed E-state index contributed by atoms with van der Waals surface area (Å²) in [7, 11) is 0. The number of nitrogens with two attached hydrogens (primary N) is 1. The number of rotatable bonds is 4. The van der Waals surface area contributed by atoms with Gasteiger partial charge in [0.15, 0.2) is 0 Å². The lowest BCUT2D eigenvalue weighted by atomic mass is 9.99. The maximum atomic E-state index is 6.21. The van der Waals surface area contributed by atoms with Gasteiger partial charge in [-0.1, -0.05) is 40.2 Å². The van der Waals surface area contributed by atoms with Crippen molar-refractivity contribution in [2.45, 2.75) is 39.8 Å². The lowest BCUT2D eigenvalue weighted by Crippen LogP contribution is -2.29. The van der Waals surface area contributed by atoms with Crippen LogP contribution in [0.15, 0.2) is 40.9 Å². The minimum Gasteiger partial charge on any atom is -0.484 e. The molecule has 0 aliphatic carbocycles. The van der Waals surface area contributed by atoms with E-state index in [4.69, 9.17) is 10.5 Å². The Morgan fingerprint density at radius 3 is 2.10 bits per heavy atom. The first kappa shape index (κ1) is 16.1. The van der Waals surface area contributed by atoms with Gasteiger partial charge in [-0.05, 0) is 62.1 Å². The van der Waals surface area contributed by atoms with Gasteiger partial charge in [-0.2, -0.15) is 0 Å². The SMILES string of the molecule is Cc1ccccc1C(Oc1cc(C)c(Br)c(C)c1)C(C)N. The Morgan fingerprint density at radius 1 is 1.00 bits per heavy atom. The number of ether oxygens (including phenoxy) is 1. The first-order chi connectivity index (χ1) is 9.90. The molecule has 2 atom stereocenters. The summed E-state index contributed by atoms with van der Waals surface area (Å²) in [5.41, 5.74) is 10.8. The fourth-order valence-electron chi connectivity index (χ4n) is 2.48. The van der Waals surface area contributed by atoms with Crippen molar-refractivity contribution in [2.75, 3.05) is 0 Å². The maximum Gasteiger partial charge on any atom is 0.139 e. The van der Waals surface area contributed by atoms with Crippen molar-refractivity contribution in [3.8, 4) is 5.75 Å². The molecule has 0 aliphatic rings. The molecule has 0 aliphatic heterocycles. The van der Waals surface area contributed by atoms with Crippen molar-refractivity contribution < 1.29 is 4.74 Å². The second kappa shape index (κ2) is 6.63. The van der Waals surface area contributed by atoms with Crippen LogP contribution in [0.5, 0.6) is 5.75 Å². The molecule has 0 radical (unpaired) electrons. The zero-order valence-corrected chi connectivity index (χ0v) is 14.6. The number of halogens is 1. The van der Waals surface area contributed by atoms with Crippen molar-refractivity contribution in [3.05, 3.63) is 63.1 Å². The van der Waals surface area contributed by atoms with Gasteiger partial charge in [-0.15, -0.1) is 0 Å². The highest BCUT2D eigenvalue weighted by Crippen LogP contribution is 2.31. The van der Waals surface area contributed by atoms with Crippen LogP contribution in [0.4, 0.5) is 0 Å². The Bertz CT molecular complexity index is 614. The van der Waals surface area contributed by atoms with E-state index in [9.17, 15) is 0 Å². The quantitative estimate of drug-likeness (QED) is 0.858. The van der Waals surface area contributed by atoms with Crippen LogP contribution in [-0.2, 0) is 0 Å². The number of hydrogen-bond acceptors (Lipinski definition) is 2. The molecular weight excluding hydrogens is 326 g/mol. The van der Waals surface area contributed by atoms with E-state index in [2.05, 4.69) is 48.8 Å². The van der Waals surface area contributed by atoms with E-state index in [0.29, 0.717) is 0 Å². The molecule has 21 heavy (non-hydrogen) atoms. The third kappa shape index (κ3) is 3.66. The van der Waals surface area contributed by atoms with Crippen LogP contribution in [0.25, 0.3) is 0 Å². The van der Waals surface area contributed by atoms with Gasteiger partial charge in [-0.25, -0.2) is 0 Å². The smallest absolute Gasteiger partial charge is 0.139 e. The minimum atomic E-state index is -0.147. The van der Waals surface area contributed by atoms with Crippen LogP contribution in [-0.4, -0.2) is 6.04 Å². The predicted octanol–water partition coefficient (Wildman–Crippen LogP) is 4.84. The second-order valence-corrected chi connectivity index (χ2v) is 6.42. The third-order valence-corrected chi connectivity index (χ3v) is 4.90. The Balaban J connectivity index is 2.36. The molecule has 2 rings (SSSR count). The van der Waals surface area contributed by atoms with Gasteiger partial charge in [0.1, 0.15) is 11.9 Å². The Morgan fingerprint density at radius 2 is 1.57 bits per heavy atom. The molecule has 3 heteroatoms. The van der Waals surface area contributed by atoms with E-state index in [-0.39, 0.29) is 12.1 Å². The van der Waals surface area contributed by atoms with E-state index in [1.807, 2.05) is 31.2 Å². The van der Waals surface area contributed by atoms with Crippen LogP contribution in [0, 0.1) is 20.8 Å². The first-order valence-electron chi connectivity index (χ1n) is 7.14. The van der Waals surface area contributed by atoms with Gasteiger partial charge < -0.3 is 10.5 Å². The molecule has 0 saturated heterocycles. The van der Waals surface area contributed by atoms with Crippen LogP contribution in [0.3, 0.4) is 0 Å². The lowest BCUT2D eigenvalue weighted by molar-refractivity contribution is 0.179. The van der Waals surface area contributed by atoms with Gasteiger partial charge in [0.2, 0.25) is 0 Å². The van der Waals surface area contributed by atoms with Crippen molar-refractivity contribution >= 4 is 15.9 Å². The molecule has 2 N–H and O–H groups in total. The molecule has 0 saturated carbocycles. The standard InChI is InChI=1S/C18H22BrNO/c1-11-7-5-6-8-16(11)18(14(4)20)21-15-9-12(2)17(19)13(3)10-15/h5-10,14,18H,20H2,1-4H3. The fourth-order valence-corrected chi connectivity index (χ4v) is 2.71. The third-order valence-electron chi connectivity index (χ3n) is 3.65. The molecule has 2 nitrogen and oxygen atoms in total. The molecule has 0 bridgehead atoms. The maximum absolute atomic E-state index is 6.21. The molecule has 0 aromatic heterocycles. The molecule has 112 valence electrons. The van der Waals surface area contributed by atoms with Gasteiger partial charge >= 0.3 is 0 Å². The van der Waals surface area contributed by atoms with Crippen molar-refractivity contribution in [3.63, 3.8) is 0 Å². The molecule has 0 spiro atoms.